The van der Waals surface area contributed by atoms with Crippen LogP contribution in [0.15, 0.2) is 60.4 Å². The van der Waals surface area contributed by atoms with Gasteiger partial charge in [-0.3, -0.25) is 9.59 Å². The van der Waals surface area contributed by atoms with Crippen molar-refractivity contribution in [1.82, 2.24) is 0 Å². The van der Waals surface area contributed by atoms with E-state index in [0.717, 1.165) is 0 Å². The lowest BCUT2D eigenvalue weighted by Crippen LogP contribution is -2.20. The Labute approximate surface area is 114 Å². The number of ketones is 2. The van der Waals surface area contributed by atoms with Gasteiger partial charge in [-0.1, -0.05) is 24.3 Å². The van der Waals surface area contributed by atoms with Crippen LogP contribution >= 0.6 is 0 Å². The van der Waals surface area contributed by atoms with Crippen LogP contribution in [-0.4, -0.2) is 16.7 Å². The summed E-state index contributed by atoms with van der Waals surface area (Å²) in [4.78, 5) is 24.2. The van der Waals surface area contributed by atoms with Crippen LogP contribution in [-0.2, 0) is 0 Å². The summed E-state index contributed by atoms with van der Waals surface area (Å²) in [5, 5.41) is 9.20. The second-order valence-electron chi connectivity index (χ2n) is 4.34. The molecule has 4 heteroatoms. The molecule has 0 aromatic heterocycles. The number of fused-ring (bicyclic) bond motifs is 1. The summed E-state index contributed by atoms with van der Waals surface area (Å²) in [7, 11) is 0. The predicted molar refractivity (Wildman–Crippen MR) is 71.9 cm³/mol. The Morgan fingerprint density at radius 1 is 0.850 bits per heavy atom. The minimum absolute atomic E-state index is 0.0145. The Balaban J connectivity index is 1.94. The zero-order valence-electron chi connectivity index (χ0n) is 10.4. The number of ether oxygens (including phenoxy) is 1. The predicted octanol–water partition coefficient (Wildman–Crippen LogP) is 2.73. The smallest absolute Gasteiger partial charge is 0.229 e. The van der Waals surface area contributed by atoms with Gasteiger partial charge < -0.3 is 9.84 Å². The van der Waals surface area contributed by atoms with E-state index >= 15 is 0 Å². The van der Waals surface area contributed by atoms with Crippen molar-refractivity contribution in [2.75, 3.05) is 0 Å². The largest absolute Gasteiger partial charge is 0.508 e. The highest BCUT2D eigenvalue weighted by Gasteiger charge is 2.26. The van der Waals surface area contributed by atoms with Crippen LogP contribution in [0.25, 0.3) is 0 Å². The Hall–Kier alpha value is -2.88. The van der Waals surface area contributed by atoms with Gasteiger partial charge in [0.1, 0.15) is 11.5 Å². The number of carbonyl (C=O) groups excluding carboxylic acids is 2. The molecule has 2 aromatic rings. The molecule has 0 atom stereocenters. The number of Topliss-reactive ketones (excluding diaryl/α,β-unsaturated/α-hetero) is 1. The summed E-state index contributed by atoms with van der Waals surface area (Å²) < 4.78 is 5.43. The van der Waals surface area contributed by atoms with E-state index < -0.39 is 0 Å². The fraction of sp³-hybridized carbons (Fsp3) is 0. The third kappa shape index (κ3) is 2.07. The van der Waals surface area contributed by atoms with Crippen LogP contribution < -0.4 is 4.74 Å². The number of carbonyl (C=O) groups is 2. The molecule has 0 unspecified atom stereocenters. The van der Waals surface area contributed by atoms with Gasteiger partial charge in [0.15, 0.2) is 11.5 Å². The van der Waals surface area contributed by atoms with Crippen molar-refractivity contribution in [2.45, 2.75) is 0 Å². The van der Waals surface area contributed by atoms with E-state index in [1.54, 1.807) is 24.3 Å². The third-order valence-electron chi connectivity index (χ3n) is 2.99. The third-order valence-corrected chi connectivity index (χ3v) is 2.99. The molecule has 1 N–H and O–H groups in total. The highest BCUT2D eigenvalue weighted by Crippen LogP contribution is 2.24. The number of phenols is 1. The van der Waals surface area contributed by atoms with Gasteiger partial charge in [-0.15, -0.1) is 0 Å². The number of hydrogen-bond donors (Lipinski definition) is 1. The van der Waals surface area contributed by atoms with Crippen LogP contribution in [0.3, 0.4) is 0 Å². The van der Waals surface area contributed by atoms with Gasteiger partial charge >= 0.3 is 0 Å². The fourth-order valence-electron chi connectivity index (χ4n) is 2.01. The van der Waals surface area contributed by atoms with E-state index in [9.17, 15) is 14.7 Å². The van der Waals surface area contributed by atoms with E-state index in [-0.39, 0.29) is 23.1 Å². The molecule has 0 saturated carbocycles. The van der Waals surface area contributed by atoms with Crippen LogP contribution in [0, 0.1) is 0 Å². The average molecular weight is 266 g/mol. The normalized spacial score (nSPS) is 13.7. The van der Waals surface area contributed by atoms with Crippen molar-refractivity contribution < 1.29 is 19.4 Å². The SMILES string of the molecule is O=C1C=C(Oc2ccc(O)cc2)C(=O)c2ccccc21. The first kappa shape index (κ1) is 12.2. The summed E-state index contributed by atoms with van der Waals surface area (Å²) in [5.74, 6) is -0.112. The minimum atomic E-state index is -0.326. The molecule has 4 nitrogen and oxygen atoms in total. The first-order chi connectivity index (χ1) is 9.65. The van der Waals surface area contributed by atoms with Crippen molar-refractivity contribution in [1.29, 1.82) is 0 Å². The first-order valence-corrected chi connectivity index (χ1v) is 6.02. The summed E-state index contributed by atoms with van der Waals surface area (Å²) in [6.07, 6.45) is 1.19. The van der Waals surface area contributed by atoms with Crippen LogP contribution in [0.4, 0.5) is 0 Å². The molecule has 0 heterocycles. The molecule has 0 spiro atoms. The molecule has 0 aliphatic heterocycles. The quantitative estimate of drug-likeness (QED) is 0.907. The highest BCUT2D eigenvalue weighted by atomic mass is 16.5. The summed E-state index contributed by atoms with van der Waals surface area (Å²) in [6, 6.07) is 12.6. The zero-order chi connectivity index (χ0) is 14.1. The molecule has 0 saturated heterocycles. The number of benzene rings is 2. The van der Waals surface area contributed by atoms with E-state index in [1.807, 2.05) is 0 Å². The van der Waals surface area contributed by atoms with E-state index in [0.29, 0.717) is 16.9 Å². The maximum Gasteiger partial charge on any atom is 0.229 e. The highest BCUT2D eigenvalue weighted by molar-refractivity contribution is 6.23. The number of allylic oxidation sites excluding steroid dienone is 2. The van der Waals surface area contributed by atoms with Gasteiger partial charge in [-0.25, -0.2) is 0 Å². The molecule has 20 heavy (non-hydrogen) atoms. The lowest BCUT2D eigenvalue weighted by atomic mass is 9.94. The topological polar surface area (TPSA) is 63.6 Å². The van der Waals surface area contributed by atoms with Crippen LogP contribution in [0.1, 0.15) is 20.7 Å². The number of rotatable bonds is 2. The van der Waals surface area contributed by atoms with Crippen molar-refractivity contribution in [3.63, 3.8) is 0 Å². The average Bonchev–Trinajstić information content (AvgIpc) is 2.47. The van der Waals surface area contributed by atoms with Crippen molar-refractivity contribution in [3.05, 3.63) is 71.5 Å². The Morgan fingerprint density at radius 2 is 1.50 bits per heavy atom. The Morgan fingerprint density at radius 3 is 2.20 bits per heavy atom. The van der Waals surface area contributed by atoms with Crippen LogP contribution in [0.2, 0.25) is 0 Å². The van der Waals surface area contributed by atoms with E-state index in [2.05, 4.69) is 0 Å². The Bertz CT molecular complexity index is 726. The molecule has 0 amide bonds. The van der Waals surface area contributed by atoms with Crippen molar-refractivity contribution in [3.8, 4) is 11.5 Å². The number of aromatic hydroxyl groups is 1. The molecule has 3 rings (SSSR count). The van der Waals surface area contributed by atoms with Crippen molar-refractivity contribution in [2.24, 2.45) is 0 Å². The zero-order valence-corrected chi connectivity index (χ0v) is 10.4. The first-order valence-electron chi connectivity index (χ1n) is 6.02. The standard InChI is InChI=1S/C16H10O4/c17-10-5-7-11(8-6-10)20-15-9-14(18)12-3-1-2-4-13(12)16(15)19/h1-9,17H. The molecule has 98 valence electrons. The molecular formula is C16H10O4. The van der Waals surface area contributed by atoms with E-state index in [1.165, 1.54) is 30.3 Å². The number of phenolic OH excluding ortho intramolecular Hbond substituents is 1. The summed E-state index contributed by atoms with van der Waals surface area (Å²) in [6.45, 7) is 0. The summed E-state index contributed by atoms with van der Waals surface area (Å²) in [5.41, 5.74) is 0.726. The molecular weight excluding hydrogens is 256 g/mol. The molecule has 1 aliphatic carbocycles. The van der Waals surface area contributed by atoms with Gasteiger partial charge in [-0.05, 0) is 24.3 Å². The van der Waals surface area contributed by atoms with Gasteiger partial charge in [-0.2, -0.15) is 0 Å². The van der Waals surface area contributed by atoms with Gasteiger partial charge in [0.2, 0.25) is 5.78 Å². The number of hydrogen-bond acceptors (Lipinski definition) is 4. The monoisotopic (exact) mass is 266 g/mol. The fourth-order valence-corrected chi connectivity index (χ4v) is 2.01. The molecule has 0 bridgehead atoms. The second-order valence-corrected chi connectivity index (χ2v) is 4.34. The maximum absolute atomic E-state index is 12.2. The van der Waals surface area contributed by atoms with Gasteiger partial charge in [0.25, 0.3) is 0 Å². The lowest BCUT2D eigenvalue weighted by Gasteiger charge is -2.15. The molecule has 0 fully saturated rings. The van der Waals surface area contributed by atoms with Crippen molar-refractivity contribution >= 4 is 11.6 Å². The van der Waals surface area contributed by atoms with Crippen LogP contribution in [0.5, 0.6) is 11.5 Å². The second kappa shape index (κ2) is 4.66. The molecule has 2 aromatic carbocycles. The molecule has 1 aliphatic rings. The lowest BCUT2D eigenvalue weighted by molar-refractivity contribution is 0.0947. The Kier molecular flexibility index (Phi) is 2.84. The van der Waals surface area contributed by atoms with Gasteiger partial charge in [0.05, 0.1) is 0 Å². The maximum atomic E-state index is 12.2. The van der Waals surface area contributed by atoms with E-state index in [4.69, 9.17) is 4.74 Å². The van der Waals surface area contributed by atoms with Gasteiger partial charge in [0, 0.05) is 17.2 Å². The molecule has 0 radical (unpaired) electrons. The minimum Gasteiger partial charge on any atom is -0.508 e. The summed E-state index contributed by atoms with van der Waals surface area (Å²) >= 11 is 0.